The first-order valence-electron chi connectivity index (χ1n) is 4.31. The van der Waals surface area contributed by atoms with E-state index in [9.17, 15) is 4.79 Å². The summed E-state index contributed by atoms with van der Waals surface area (Å²) < 4.78 is 5.20. The minimum Gasteiger partial charge on any atom is -0.462 e. The molecule has 0 amide bonds. The predicted molar refractivity (Wildman–Crippen MR) is 43.1 cm³/mol. The Labute approximate surface area is 67.9 Å². The van der Waals surface area contributed by atoms with Crippen molar-refractivity contribution >= 4 is 5.97 Å². The predicted octanol–water partition coefficient (Wildman–Crippen LogP) is 1.98. The van der Waals surface area contributed by atoms with Crippen molar-refractivity contribution in [3.05, 3.63) is 0 Å². The number of esters is 1. The summed E-state index contributed by atoms with van der Waals surface area (Å²) >= 11 is 0. The summed E-state index contributed by atoms with van der Waals surface area (Å²) in [5.41, 5.74) is 0. The van der Waals surface area contributed by atoms with Crippen LogP contribution in [0, 0.1) is 11.8 Å². The molecule has 11 heavy (non-hydrogen) atoms. The standard InChI is InChI=1S/C9H16O2/c1-6(2)7(3)11-9(10)8-4-5-8/h6-8H,4-5H2,1-3H3. The fourth-order valence-corrected chi connectivity index (χ4v) is 0.735. The van der Waals surface area contributed by atoms with E-state index < -0.39 is 0 Å². The molecular weight excluding hydrogens is 140 g/mol. The highest BCUT2D eigenvalue weighted by Gasteiger charge is 2.32. The van der Waals surface area contributed by atoms with E-state index in [4.69, 9.17) is 4.74 Å². The van der Waals surface area contributed by atoms with Crippen LogP contribution >= 0.6 is 0 Å². The van der Waals surface area contributed by atoms with Crippen LogP contribution in [0.25, 0.3) is 0 Å². The summed E-state index contributed by atoms with van der Waals surface area (Å²) in [5.74, 6) is 0.667. The van der Waals surface area contributed by atoms with Gasteiger partial charge in [-0.2, -0.15) is 0 Å². The molecule has 0 saturated heterocycles. The van der Waals surface area contributed by atoms with Gasteiger partial charge in [-0.15, -0.1) is 0 Å². The van der Waals surface area contributed by atoms with Gasteiger partial charge in [0.25, 0.3) is 0 Å². The van der Waals surface area contributed by atoms with Crippen molar-refractivity contribution in [2.75, 3.05) is 0 Å². The molecule has 64 valence electrons. The van der Waals surface area contributed by atoms with Crippen LogP contribution in [-0.4, -0.2) is 12.1 Å². The van der Waals surface area contributed by atoms with Crippen LogP contribution in [0.4, 0.5) is 0 Å². The maximum Gasteiger partial charge on any atom is 0.309 e. The van der Waals surface area contributed by atoms with Gasteiger partial charge in [0.05, 0.1) is 5.92 Å². The third kappa shape index (κ3) is 2.52. The zero-order chi connectivity index (χ0) is 8.43. The van der Waals surface area contributed by atoms with Gasteiger partial charge in [0.15, 0.2) is 0 Å². The van der Waals surface area contributed by atoms with Crippen molar-refractivity contribution in [2.24, 2.45) is 11.8 Å². The van der Waals surface area contributed by atoms with Gasteiger partial charge in [0.1, 0.15) is 6.10 Å². The third-order valence-electron chi connectivity index (χ3n) is 2.15. The van der Waals surface area contributed by atoms with Crippen LogP contribution in [0.5, 0.6) is 0 Å². The van der Waals surface area contributed by atoms with E-state index in [1.807, 2.05) is 6.92 Å². The van der Waals surface area contributed by atoms with Gasteiger partial charge < -0.3 is 4.74 Å². The Bertz CT molecular complexity index is 148. The van der Waals surface area contributed by atoms with Gasteiger partial charge >= 0.3 is 5.97 Å². The second-order valence-electron chi connectivity index (χ2n) is 3.66. The van der Waals surface area contributed by atoms with Crippen LogP contribution in [0.3, 0.4) is 0 Å². The minimum absolute atomic E-state index is 0.00574. The average molecular weight is 156 g/mol. The maximum atomic E-state index is 11.1. The van der Waals surface area contributed by atoms with Gasteiger partial charge in [-0.25, -0.2) is 0 Å². The molecule has 1 saturated carbocycles. The quantitative estimate of drug-likeness (QED) is 0.584. The first-order chi connectivity index (χ1) is 5.11. The normalized spacial score (nSPS) is 20.0. The number of carbonyl (C=O) groups excluding carboxylic acids is 1. The molecule has 1 fully saturated rings. The molecule has 2 heteroatoms. The number of ether oxygens (including phenoxy) is 1. The van der Waals surface area contributed by atoms with Crippen molar-refractivity contribution < 1.29 is 9.53 Å². The Morgan fingerprint density at radius 2 is 1.91 bits per heavy atom. The summed E-state index contributed by atoms with van der Waals surface area (Å²) in [6.07, 6.45) is 2.14. The highest BCUT2D eigenvalue weighted by molar-refractivity contribution is 5.75. The Morgan fingerprint density at radius 1 is 1.36 bits per heavy atom. The van der Waals surface area contributed by atoms with E-state index in [0.29, 0.717) is 5.92 Å². The molecule has 0 radical (unpaired) electrons. The molecular formula is C9H16O2. The lowest BCUT2D eigenvalue weighted by molar-refractivity contribution is -0.151. The third-order valence-corrected chi connectivity index (χ3v) is 2.15. The van der Waals surface area contributed by atoms with Crippen molar-refractivity contribution in [1.82, 2.24) is 0 Å². The van der Waals surface area contributed by atoms with Crippen LogP contribution < -0.4 is 0 Å². The fourth-order valence-electron chi connectivity index (χ4n) is 0.735. The van der Waals surface area contributed by atoms with Crippen molar-refractivity contribution in [2.45, 2.75) is 39.7 Å². The smallest absolute Gasteiger partial charge is 0.309 e. The highest BCUT2D eigenvalue weighted by Crippen LogP contribution is 2.30. The van der Waals surface area contributed by atoms with Crippen LogP contribution in [0.1, 0.15) is 33.6 Å². The summed E-state index contributed by atoms with van der Waals surface area (Å²) in [6, 6.07) is 0. The Balaban J connectivity index is 2.23. The SMILES string of the molecule is CC(C)C(C)OC(=O)C1CC1. The molecule has 1 rings (SSSR count). The monoisotopic (exact) mass is 156 g/mol. The van der Waals surface area contributed by atoms with Gasteiger partial charge in [-0.3, -0.25) is 4.79 Å². The molecule has 1 atom stereocenters. The molecule has 0 aromatic carbocycles. The van der Waals surface area contributed by atoms with Gasteiger partial charge in [0, 0.05) is 0 Å². The molecule has 1 unspecified atom stereocenters. The van der Waals surface area contributed by atoms with Crippen LogP contribution in [-0.2, 0) is 9.53 Å². The largest absolute Gasteiger partial charge is 0.462 e. The maximum absolute atomic E-state index is 11.1. The first-order valence-corrected chi connectivity index (χ1v) is 4.31. The van der Waals surface area contributed by atoms with E-state index in [2.05, 4.69) is 13.8 Å². The van der Waals surface area contributed by atoms with Crippen molar-refractivity contribution in [3.8, 4) is 0 Å². The van der Waals surface area contributed by atoms with Gasteiger partial charge in [0.2, 0.25) is 0 Å². The summed E-state index contributed by atoms with van der Waals surface area (Å²) in [6.45, 7) is 6.07. The first kappa shape index (κ1) is 8.57. The van der Waals surface area contributed by atoms with Crippen molar-refractivity contribution in [1.29, 1.82) is 0 Å². The molecule has 0 bridgehead atoms. The van der Waals surface area contributed by atoms with Crippen LogP contribution in [0.2, 0.25) is 0 Å². The Morgan fingerprint density at radius 3 is 2.27 bits per heavy atom. The Kier molecular flexibility index (Phi) is 2.53. The van der Waals surface area contributed by atoms with Gasteiger partial charge in [-0.05, 0) is 25.7 Å². The van der Waals surface area contributed by atoms with E-state index in [0.717, 1.165) is 12.8 Å². The molecule has 0 N–H and O–H groups in total. The Hall–Kier alpha value is -0.530. The summed E-state index contributed by atoms with van der Waals surface area (Å²) in [4.78, 5) is 11.1. The molecule has 0 heterocycles. The number of hydrogen-bond donors (Lipinski definition) is 0. The number of carbonyl (C=O) groups is 1. The van der Waals surface area contributed by atoms with Gasteiger partial charge in [-0.1, -0.05) is 13.8 Å². The average Bonchev–Trinajstić information content (AvgIpc) is 2.67. The topological polar surface area (TPSA) is 26.3 Å². The van der Waals surface area contributed by atoms with Crippen molar-refractivity contribution in [3.63, 3.8) is 0 Å². The molecule has 0 aromatic rings. The lowest BCUT2D eigenvalue weighted by atomic mass is 10.1. The van der Waals surface area contributed by atoms with E-state index >= 15 is 0 Å². The molecule has 2 nitrogen and oxygen atoms in total. The molecule has 0 aromatic heterocycles. The minimum atomic E-state index is 0.00574. The number of hydrogen-bond acceptors (Lipinski definition) is 2. The highest BCUT2D eigenvalue weighted by atomic mass is 16.5. The number of rotatable bonds is 3. The van der Waals surface area contributed by atoms with Crippen LogP contribution in [0.15, 0.2) is 0 Å². The lowest BCUT2D eigenvalue weighted by Crippen LogP contribution is -2.20. The summed E-state index contributed by atoms with van der Waals surface area (Å²) in [7, 11) is 0. The molecule has 0 spiro atoms. The fraction of sp³-hybridized carbons (Fsp3) is 0.889. The molecule has 1 aliphatic carbocycles. The zero-order valence-corrected chi connectivity index (χ0v) is 7.46. The second-order valence-corrected chi connectivity index (χ2v) is 3.66. The van der Waals surface area contributed by atoms with E-state index in [-0.39, 0.29) is 18.0 Å². The summed E-state index contributed by atoms with van der Waals surface area (Å²) in [5, 5.41) is 0. The van der Waals surface area contributed by atoms with E-state index in [1.165, 1.54) is 0 Å². The molecule has 0 aliphatic heterocycles. The second kappa shape index (κ2) is 3.24. The van der Waals surface area contributed by atoms with E-state index in [1.54, 1.807) is 0 Å². The lowest BCUT2D eigenvalue weighted by Gasteiger charge is -2.15. The molecule has 1 aliphatic rings. The zero-order valence-electron chi connectivity index (χ0n) is 7.46.